The molecule has 2 N–H and O–H groups in total. The van der Waals surface area contributed by atoms with Gasteiger partial charge in [0.25, 0.3) is 5.91 Å². The number of aliphatic hydroxyl groups excluding tert-OH is 1. The number of rotatable bonds is 7. The molecule has 2 aromatic rings. The zero-order valence-electron chi connectivity index (χ0n) is 21.9. The Morgan fingerprint density at radius 3 is 2.73 bits per heavy atom. The molecule has 0 aliphatic carbocycles. The Balaban J connectivity index is 1.84. The van der Waals surface area contributed by atoms with Crippen LogP contribution in [0.1, 0.15) is 29.8 Å². The first kappa shape index (κ1) is 27.8. The molecule has 0 radical (unpaired) electrons. The summed E-state index contributed by atoms with van der Waals surface area (Å²) in [6.45, 7) is 4.36. The van der Waals surface area contributed by atoms with Gasteiger partial charge >= 0.3 is 6.03 Å². The zero-order chi connectivity index (χ0) is 26.9. The fourth-order valence-electron chi connectivity index (χ4n) is 3.84. The summed E-state index contributed by atoms with van der Waals surface area (Å²) in [7, 11) is 4.81. The molecule has 0 spiro atoms. The van der Waals surface area contributed by atoms with Gasteiger partial charge in [-0.1, -0.05) is 18.8 Å². The van der Waals surface area contributed by atoms with Gasteiger partial charge in [0.15, 0.2) is 0 Å². The fourth-order valence-corrected chi connectivity index (χ4v) is 3.84. The number of ether oxygens (including phenoxy) is 3. The van der Waals surface area contributed by atoms with Crippen molar-refractivity contribution in [3.8, 4) is 23.5 Å². The Kier molecular flexibility index (Phi) is 9.71. The Morgan fingerprint density at radius 2 is 2.08 bits per heavy atom. The lowest BCUT2D eigenvalue weighted by Gasteiger charge is -2.37. The summed E-state index contributed by atoms with van der Waals surface area (Å²) in [4.78, 5) is 33.8. The number of aromatic nitrogens is 1. The second-order valence-corrected chi connectivity index (χ2v) is 8.97. The van der Waals surface area contributed by atoms with Crippen LogP contribution in [-0.4, -0.2) is 91.5 Å². The number of likely N-dealkylation sites (N-methyl/N-ethyl adjacent to an activating group) is 1. The number of methoxy groups -OCH3 is 2. The normalized spacial score (nSPS) is 17.8. The number of carbonyl (C=O) groups excluding carboxylic acids is 2. The van der Waals surface area contributed by atoms with Crippen LogP contribution in [0.3, 0.4) is 0 Å². The van der Waals surface area contributed by atoms with Gasteiger partial charge in [-0.05, 0) is 37.3 Å². The summed E-state index contributed by atoms with van der Waals surface area (Å²) in [5.74, 6) is 6.18. The van der Waals surface area contributed by atoms with Crippen LogP contribution >= 0.6 is 0 Å². The van der Waals surface area contributed by atoms with Gasteiger partial charge in [0.05, 0.1) is 26.3 Å². The van der Waals surface area contributed by atoms with Crippen molar-refractivity contribution in [1.82, 2.24) is 14.8 Å². The molecule has 0 bridgehead atoms. The minimum atomic E-state index is -0.468. The number of anilines is 1. The molecule has 1 aliphatic rings. The number of nitrogens with one attached hydrogen (secondary N) is 1. The van der Waals surface area contributed by atoms with Crippen molar-refractivity contribution < 1.29 is 28.9 Å². The monoisotopic (exact) mass is 510 g/mol. The standard InChI is InChI=1S/C27H34N4O6/c1-18-15-31(19(2)17-32)26(33)23-13-20(7-6-12-35-4)14-28-25(23)37-24(18)16-30(3)27(34)29-21-8-10-22(36-5)11-9-21/h8-11,13-14,18-19,24,32H,12,15-17H2,1-5H3,(H,29,34)/t18-,19-,24-/m0/s1. The maximum absolute atomic E-state index is 13.4. The van der Waals surface area contributed by atoms with Crippen molar-refractivity contribution in [2.75, 3.05) is 52.9 Å². The first-order valence-electron chi connectivity index (χ1n) is 12.0. The number of urea groups is 1. The molecule has 2 heterocycles. The first-order valence-corrected chi connectivity index (χ1v) is 12.0. The van der Waals surface area contributed by atoms with Crippen LogP contribution in [0.15, 0.2) is 36.5 Å². The molecule has 3 amide bonds. The molecule has 10 nitrogen and oxygen atoms in total. The van der Waals surface area contributed by atoms with Crippen LogP contribution in [0, 0.1) is 17.8 Å². The number of nitrogens with zero attached hydrogens (tertiary/aromatic N) is 3. The largest absolute Gasteiger partial charge is 0.497 e. The van der Waals surface area contributed by atoms with Gasteiger partial charge in [0, 0.05) is 44.1 Å². The minimum absolute atomic E-state index is 0.162. The molecule has 1 aromatic heterocycles. The van der Waals surface area contributed by atoms with Crippen LogP contribution < -0.4 is 14.8 Å². The van der Waals surface area contributed by atoms with Crippen molar-refractivity contribution in [1.29, 1.82) is 0 Å². The second-order valence-electron chi connectivity index (χ2n) is 8.97. The molecular formula is C27H34N4O6. The third-order valence-corrected chi connectivity index (χ3v) is 6.11. The van der Waals surface area contributed by atoms with Crippen LogP contribution in [0.4, 0.5) is 10.5 Å². The van der Waals surface area contributed by atoms with E-state index in [-0.39, 0.29) is 49.1 Å². The van der Waals surface area contributed by atoms with Gasteiger partial charge < -0.3 is 34.4 Å². The molecule has 37 heavy (non-hydrogen) atoms. The predicted octanol–water partition coefficient (Wildman–Crippen LogP) is 2.47. The second kappa shape index (κ2) is 12.9. The Bertz CT molecular complexity index is 1140. The molecule has 3 atom stereocenters. The smallest absolute Gasteiger partial charge is 0.321 e. The summed E-state index contributed by atoms with van der Waals surface area (Å²) in [5.41, 5.74) is 1.43. The SMILES string of the molecule is COCC#Cc1cnc2c(c1)C(=O)N([C@@H](C)CO)C[C@H](C)[C@H](CN(C)C(=O)Nc1ccc(OC)cc1)O2. The maximum atomic E-state index is 13.4. The first-order chi connectivity index (χ1) is 17.8. The van der Waals surface area contributed by atoms with Crippen LogP contribution in [0.2, 0.25) is 0 Å². The number of amides is 3. The van der Waals surface area contributed by atoms with E-state index in [9.17, 15) is 14.7 Å². The molecule has 1 aromatic carbocycles. The van der Waals surface area contributed by atoms with E-state index in [4.69, 9.17) is 14.2 Å². The Hall–Kier alpha value is -3.81. The fraction of sp³-hybridized carbons (Fsp3) is 0.444. The van der Waals surface area contributed by atoms with Gasteiger partial charge in [-0.25, -0.2) is 9.78 Å². The summed E-state index contributed by atoms with van der Waals surface area (Å²) >= 11 is 0. The summed E-state index contributed by atoms with van der Waals surface area (Å²) < 4.78 is 16.3. The Labute approximate surface area is 217 Å². The number of fused-ring (bicyclic) bond motifs is 1. The lowest BCUT2D eigenvalue weighted by atomic mass is 10.00. The van der Waals surface area contributed by atoms with Gasteiger partial charge in [0.2, 0.25) is 5.88 Å². The quantitative estimate of drug-likeness (QED) is 0.550. The average Bonchev–Trinajstić information content (AvgIpc) is 2.90. The summed E-state index contributed by atoms with van der Waals surface area (Å²) in [5, 5.41) is 12.7. The molecule has 0 saturated heterocycles. The van der Waals surface area contributed by atoms with Crippen LogP contribution in [0.5, 0.6) is 11.6 Å². The van der Waals surface area contributed by atoms with Crippen molar-refractivity contribution in [3.05, 3.63) is 47.7 Å². The van der Waals surface area contributed by atoms with E-state index < -0.39 is 12.1 Å². The number of hydrogen-bond acceptors (Lipinski definition) is 7. The van der Waals surface area contributed by atoms with E-state index in [0.29, 0.717) is 23.5 Å². The van der Waals surface area contributed by atoms with Crippen molar-refractivity contribution in [2.24, 2.45) is 5.92 Å². The highest BCUT2D eigenvalue weighted by atomic mass is 16.5. The summed E-state index contributed by atoms with van der Waals surface area (Å²) in [6, 6.07) is 7.95. The minimum Gasteiger partial charge on any atom is -0.497 e. The molecule has 10 heteroatoms. The number of benzene rings is 1. The van der Waals surface area contributed by atoms with Gasteiger partial charge in [-0.3, -0.25) is 4.79 Å². The lowest BCUT2D eigenvalue weighted by Crippen LogP contribution is -2.50. The number of pyridine rings is 1. The van der Waals surface area contributed by atoms with E-state index in [1.165, 1.54) is 11.1 Å². The van der Waals surface area contributed by atoms with Crippen molar-refractivity contribution >= 4 is 17.6 Å². The van der Waals surface area contributed by atoms with Gasteiger partial charge in [-0.15, -0.1) is 0 Å². The Morgan fingerprint density at radius 1 is 1.35 bits per heavy atom. The molecular weight excluding hydrogens is 476 g/mol. The average molecular weight is 511 g/mol. The molecule has 198 valence electrons. The molecule has 0 fully saturated rings. The van der Waals surface area contributed by atoms with E-state index in [0.717, 1.165) is 0 Å². The highest BCUT2D eigenvalue weighted by molar-refractivity contribution is 5.97. The van der Waals surface area contributed by atoms with E-state index in [2.05, 4.69) is 22.1 Å². The van der Waals surface area contributed by atoms with Crippen molar-refractivity contribution in [3.63, 3.8) is 0 Å². The zero-order valence-corrected chi connectivity index (χ0v) is 21.9. The predicted molar refractivity (Wildman–Crippen MR) is 139 cm³/mol. The highest BCUT2D eigenvalue weighted by Gasteiger charge is 2.34. The topological polar surface area (TPSA) is 113 Å². The summed E-state index contributed by atoms with van der Waals surface area (Å²) in [6.07, 6.45) is 1.07. The van der Waals surface area contributed by atoms with E-state index in [1.807, 2.05) is 6.92 Å². The molecule has 1 aliphatic heterocycles. The third kappa shape index (κ3) is 7.12. The van der Waals surface area contributed by atoms with Gasteiger partial charge in [-0.2, -0.15) is 0 Å². The van der Waals surface area contributed by atoms with Crippen LogP contribution in [-0.2, 0) is 4.74 Å². The number of carbonyl (C=O) groups is 2. The molecule has 0 saturated carbocycles. The van der Waals surface area contributed by atoms with E-state index in [1.54, 1.807) is 63.4 Å². The number of hydrogen-bond donors (Lipinski definition) is 2. The molecule has 0 unspecified atom stereocenters. The van der Waals surface area contributed by atoms with Gasteiger partial charge in [0.1, 0.15) is 24.0 Å². The maximum Gasteiger partial charge on any atom is 0.321 e. The van der Waals surface area contributed by atoms with Crippen LogP contribution in [0.25, 0.3) is 0 Å². The number of aliphatic hydroxyl groups is 1. The molecule has 3 rings (SSSR count). The van der Waals surface area contributed by atoms with Crippen molar-refractivity contribution in [2.45, 2.75) is 26.0 Å². The third-order valence-electron chi connectivity index (χ3n) is 6.11. The highest BCUT2D eigenvalue weighted by Crippen LogP contribution is 2.27. The van der Waals surface area contributed by atoms with E-state index >= 15 is 0 Å². The lowest BCUT2D eigenvalue weighted by molar-refractivity contribution is 0.0356.